The number of amides is 3. The van der Waals surface area contributed by atoms with E-state index in [1.165, 1.54) is 0 Å². The Hall–Kier alpha value is -3.10. The van der Waals surface area contributed by atoms with Crippen LogP contribution in [0.5, 0.6) is 0 Å². The second-order valence-corrected chi connectivity index (χ2v) is 15.0. The third-order valence-electron chi connectivity index (χ3n) is 10.8. The highest BCUT2D eigenvalue weighted by Crippen LogP contribution is 2.43. The van der Waals surface area contributed by atoms with Crippen LogP contribution in [0.1, 0.15) is 124 Å². The van der Waals surface area contributed by atoms with Crippen LogP contribution in [-0.4, -0.2) is 58.5 Å². The zero-order valence-electron chi connectivity index (χ0n) is 28.9. The molecule has 1 aromatic carbocycles. The summed E-state index contributed by atoms with van der Waals surface area (Å²) in [6, 6.07) is 6.98. The maximum absolute atomic E-state index is 14.9. The van der Waals surface area contributed by atoms with Crippen LogP contribution in [0.4, 0.5) is 4.79 Å². The smallest absolute Gasteiger partial charge is 0.408 e. The molecule has 0 radical (unpaired) electrons. The van der Waals surface area contributed by atoms with Gasteiger partial charge >= 0.3 is 12.1 Å². The van der Waals surface area contributed by atoms with Crippen LogP contribution in [0.15, 0.2) is 30.3 Å². The van der Waals surface area contributed by atoms with Crippen LogP contribution in [0.3, 0.4) is 0 Å². The molecule has 3 fully saturated rings. The van der Waals surface area contributed by atoms with E-state index in [1.807, 2.05) is 71.9 Å². The molecule has 0 bridgehead atoms. The molecule has 3 aliphatic rings. The maximum Gasteiger partial charge on any atom is 0.408 e. The first-order chi connectivity index (χ1) is 21.9. The molecule has 5 atom stereocenters. The minimum Gasteiger partial charge on any atom is -0.458 e. The van der Waals surface area contributed by atoms with Crippen molar-refractivity contribution in [2.24, 2.45) is 17.3 Å². The molecule has 0 spiro atoms. The van der Waals surface area contributed by atoms with E-state index in [4.69, 9.17) is 9.47 Å². The van der Waals surface area contributed by atoms with Gasteiger partial charge in [-0.05, 0) is 88.5 Å². The number of esters is 1. The van der Waals surface area contributed by atoms with Crippen LogP contribution < -0.4 is 10.6 Å². The summed E-state index contributed by atoms with van der Waals surface area (Å²) in [5.41, 5.74) is -0.388. The summed E-state index contributed by atoms with van der Waals surface area (Å²) in [6.45, 7) is 11.7. The summed E-state index contributed by atoms with van der Waals surface area (Å²) in [5.74, 6) is -0.801. The van der Waals surface area contributed by atoms with Crippen LogP contribution in [0.2, 0.25) is 0 Å². The van der Waals surface area contributed by atoms with Gasteiger partial charge in [-0.1, -0.05) is 83.2 Å². The predicted octanol–water partition coefficient (Wildman–Crippen LogP) is 6.67. The van der Waals surface area contributed by atoms with Crippen molar-refractivity contribution in [3.63, 3.8) is 0 Å². The molecule has 2 N–H and O–H groups in total. The van der Waals surface area contributed by atoms with Crippen LogP contribution >= 0.6 is 0 Å². The topological polar surface area (TPSA) is 114 Å². The Bertz CT molecular complexity index is 1190. The monoisotopic (exact) mass is 639 g/mol. The molecule has 1 aliphatic heterocycles. The number of nitrogens with one attached hydrogen (secondary N) is 2. The number of likely N-dealkylation sites (tertiary alicyclic amines) is 1. The van der Waals surface area contributed by atoms with Crippen molar-refractivity contribution in [3.8, 4) is 0 Å². The molecule has 1 saturated heterocycles. The lowest BCUT2D eigenvalue weighted by Gasteiger charge is -2.42. The van der Waals surface area contributed by atoms with Gasteiger partial charge in [-0.15, -0.1) is 0 Å². The highest BCUT2D eigenvalue weighted by Gasteiger charge is 2.52. The van der Waals surface area contributed by atoms with E-state index in [2.05, 4.69) is 10.6 Å². The van der Waals surface area contributed by atoms with Crippen LogP contribution in [-0.2, 0) is 30.5 Å². The number of carbonyl (C=O) groups excluding carboxylic acids is 4. The molecule has 2 saturated carbocycles. The van der Waals surface area contributed by atoms with Gasteiger partial charge in [0.15, 0.2) is 0 Å². The highest BCUT2D eigenvalue weighted by molar-refractivity contribution is 5.94. The molecule has 9 heteroatoms. The van der Waals surface area contributed by atoms with Crippen molar-refractivity contribution in [3.05, 3.63) is 35.9 Å². The fourth-order valence-corrected chi connectivity index (χ4v) is 7.69. The third-order valence-corrected chi connectivity index (χ3v) is 10.8. The highest BCUT2D eigenvalue weighted by atomic mass is 16.6. The van der Waals surface area contributed by atoms with Gasteiger partial charge in [-0.25, -0.2) is 9.59 Å². The number of carbonyl (C=O) groups is 4. The van der Waals surface area contributed by atoms with Gasteiger partial charge in [0.2, 0.25) is 11.8 Å². The van der Waals surface area contributed by atoms with Gasteiger partial charge in [-0.2, -0.15) is 0 Å². The first kappa shape index (κ1) is 35.7. The fourth-order valence-electron chi connectivity index (χ4n) is 7.69. The molecular formula is C37H57N3O6. The normalized spacial score (nSPS) is 23.5. The molecule has 3 amide bonds. The SMILES string of the molecule is CCC(C)(CC)C(NC(=O)C(NC(=O)OCc1ccccc1)C1CCCCC1)C(=O)N1C(C(=O)OC(C)(C)C)CC2CCCCC21. The summed E-state index contributed by atoms with van der Waals surface area (Å²) in [6.07, 6.45) is 9.81. The summed E-state index contributed by atoms with van der Waals surface area (Å²) in [4.78, 5) is 57.6. The summed E-state index contributed by atoms with van der Waals surface area (Å²) < 4.78 is 11.4. The van der Waals surface area contributed by atoms with E-state index in [0.717, 1.165) is 63.4 Å². The summed E-state index contributed by atoms with van der Waals surface area (Å²) in [7, 11) is 0. The molecule has 1 aromatic rings. The summed E-state index contributed by atoms with van der Waals surface area (Å²) >= 11 is 0. The predicted molar refractivity (Wildman–Crippen MR) is 178 cm³/mol. The zero-order valence-corrected chi connectivity index (χ0v) is 28.9. The molecule has 1 heterocycles. The number of benzene rings is 1. The lowest BCUT2D eigenvalue weighted by atomic mass is 9.75. The number of rotatable bonds is 11. The Morgan fingerprint density at radius 3 is 2.13 bits per heavy atom. The molecule has 9 nitrogen and oxygen atoms in total. The summed E-state index contributed by atoms with van der Waals surface area (Å²) in [5, 5.41) is 6.05. The van der Waals surface area contributed by atoms with Gasteiger partial charge in [0.25, 0.3) is 0 Å². The van der Waals surface area contributed by atoms with Crippen molar-refractivity contribution in [2.45, 2.75) is 155 Å². The van der Waals surface area contributed by atoms with Crippen molar-refractivity contribution in [2.75, 3.05) is 0 Å². The zero-order chi connectivity index (χ0) is 33.5. The lowest BCUT2D eigenvalue weighted by Crippen LogP contribution is -2.63. The standard InChI is InChI=1S/C37H57N3O6/c1-7-37(6,8-2)31(33(42)40-28-22-16-15-21-27(28)23-29(40)34(43)46-36(3,4)5)39-32(41)30(26-19-13-10-14-20-26)38-35(44)45-24-25-17-11-9-12-18-25/h9,11-12,17-18,26-31H,7-8,10,13-16,19-24H2,1-6H3,(H,38,44)(H,39,41). The lowest BCUT2D eigenvalue weighted by molar-refractivity contribution is -0.165. The first-order valence-electron chi connectivity index (χ1n) is 17.7. The van der Waals surface area contributed by atoms with Crippen molar-refractivity contribution in [1.82, 2.24) is 15.5 Å². The molecule has 2 aliphatic carbocycles. The molecule has 46 heavy (non-hydrogen) atoms. The number of ether oxygens (including phenoxy) is 2. The molecule has 0 aromatic heterocycles. The number of alkyl carbamates (subject to hydrolysis) is 1. The van der Waals surface area contributed by atoms with Gasteiger partial charge < -0.3 is 25.0 Å². The van der Waals surface area contributed by atoms with E-state index in [-0.39, 0.29) is 42.3 Å². The van der Waals surface area contributed by atoms with E-state index in [1.54, 1.807) is 4.90 Å². The van der Waals surface area contributed by atoms with E-state index in [0.29, 0.717) is 19.3 Å². The Morgan fingerprint density at radius 1 is 0.870 bits per heavy atom. The van der Waals surface area contributed by atoms with Gasteiger partial charge in [0.05, 0.1) is 0 Å². The molecule has 256 valence electrons. The van der Waals surface area contributed by atoms with Crippen LogP contribution in [0.25, 0.3) is 0 Å². The second kappa shape index (κ2) is 15.7. The fraction of sp³-hybridized carbons (Fsp3) is 0.730. The Morgan fingerprint density at radius 2 is 1.50 bits per heavy atom. The largest absolute Gasteiger partial charge is 0.458 e. The van der Waals surface area contributed by atoms with Crippen molar-refractivity contribution < 1.29 is 28.7 Å². The number of nitrogens with zero attached hydrogens (tertiary/aromatic N) is 1. The average molecular weight is 640 g/mol. The number of fused-ring (bicyclic) bond motifs is 1. The van der Waals surface area contributed by atoms with Crippen LogP contribution in [0, 0.1) is 17.3 Å². The number of hydrogen-bond donors (Lipinski definition) is 2. The third kappa shape index (κ3) is 8.82. The van der Waals surface area contributed by atoms with Crippen molar-refractivity contribution in [1.29, 1.82) is 0 Å². The average Bonchev–Trinajstić information content (AvgIpc) is 3.44. The second-order valence-electron chi connectivity index (χ2n) is 15.0. The van der Waals surface area contributed by atoms with Crippen molar-refractivity contribution >= 4 is 23.9 Å². The number of hydrogen-bond acceptors (Lipinski definition) is 6. The minimum absolute atomic E-state index is 0.0589. The van der Waals surface area contributed by atoms with Gasteiger partial charge in [0, 0.05) is 6.04 Å². The quantitative estimate of drug-likeness (QED) is 0.261. The minimum atomic E-state index is -0.867. The Kier molecular flexibility index (Phi) is 12.2. The molecular weight excluding hydrogens is 582 g/mol. The Labute approximate surface area is 275 Å². The van der Waals surface area contributed by atoms with E-state index >= 15 is 0 Å². The molecule has 4 rings (SSSR count). The Balaban J connectivity index is 1.60. The van der Waals surface area contributed by atoms with Gasteiger partial charge in [0.1, 0.15) is 30.3 Å². The van der Waals surface area contributed by atoms with Gasteiger partial charge in [-0.3, -0.25) is 9.59 Å². The molecule has 5 unspecified atom stereocenters. The maximum atomic E-state index is 14.9. The first-order valence-corrected chi connectivity index (χ1v) is 17.7. The van der Waals surface area contributed by atoms with E-state index < -0.39 is 35.2 Å². The van der Waals surface area contributed by atoms with E-state index in [9.17, 15) is 19.2 Å².